The first-order chi connectivity index (χ1) is 11.4. The molecule has 0 aliphatic rings. The van der Waals surface area contributed by atoms with Gasteiger partial charge in [0.15, 0.2) is 0 Å². The first-order valence-electron chi connectivity index (χ1n) is 7.78. The first kappa shape index (κ1) is 18.6. The molecule has 24 heavy (non-hydrogen) atoms. The number of carbonyl (C=O) groups is 1. The van der Waals surface area contributed by atoms with Gasteiger partial charge in [-0.05, 0) is 49.6 Å². The Morgan fingerprint density at radius 3 is 2.54 bits per heavy atom. The monoisotopic (exact) mass is 366 g/mol. The SMILES string of the molecule is CCCOC(=O)c1cccc(Cl)c1COc1cc(Cl)c(C)cc1C. The Bertz CT molecular complexity index is 742. The first-order valence-corrected chi connectivity index (χ1v) is 8.53. The van der Waals surface area contributed by atoms with E-state index in [1.54, 1.807) is 24.3 Å². The minimum absolute atomic E-state index is 0.163. The molecule has 2 aromatic carbocycles. The fraction of sp³-hybridized carbons (Fsp3) is 0.316. The van der Waals surface area contributed by atoms with Crippen molar-refractivity contribution in [3.8, 4) is 5.75 Å². The van der Waals surface area contributed by atoms with E-state index in [1.807, 2.05) is 26.8 Å². The number of hydrogen-bond acceptors (Lipinski definition) is 3. The summed E-state index contributed by atoms with van der Waals surface area (Å²) in [7, 11) is 0. The van der Waals surface area contributed by atoms with Crippen LogP contribution in [0.2, 0.25) is 10.0 Å². The Hall–Kier alpha value is -1.71. The summed E-state index contributed by atoms with van der Waals surface area (Å²) in [5.74, 6) is 0.273. The van der Waals surface area contributed by atoms with Crippen molar-refractivity contribution >= 4 is 29.2 Å². The fourth-order valence-electron chi connectivity index (χ4n) is 2.28. The molecule has 0 N–H and O–H groups in total. The average molecular weight is 367 g/mol. The Balaban J connectivity index is 2.24. The second kappa shape index (κ2) is 8.41. The van der Waals surface area contributed by atoms with Gasteiger partial charge in [-0.1, -0.05) is 42.3 Å². The van der Waals surface area contributed by atoms with Crippen molar-refractivity contribution in [3.63, 3.8) is 0 Å². The van der Waals surface area contributed by atoms with Crippen molar-refractivity contribution in [3.05, 3.63) is 62.6 Å². The molecule has 0 aromatic heterocycles. The van der Waals surface area contributed by atoms with Gasteiger partial charge in [0.1, 0.15) is 12.4 Å². The lowest BCUT2D eigenvalue weighted by Gasteiger charge is -2.14. The molecule has 0 unspecified atom stereocenters. The summed E-state index contributed by atoms with van der Waals surface area (Å²) in [6.45, 7) is 6.37. The number of ether oxygens (including phenoxy) is 2. The lowest BCUT2D eigenvalue weighted by atomic mass is 10.1. The maximum Gasteiger partial charge on any atom is 0.338 e. The highest BCUT2D eigenvalue weighted by Gasteiger charge is 2.16. The highest BCUT2D eigenvalue weighted by Crippen LogP contribution is 2.29. The summed E-state index contributed by atoms with van der Waals surface area (Å²) in [6, 6.07) is 8.88. The molecule has 0 amide bonds. The van der Waals surface area contributed by atoms with Crippen LogP contribution in [0.4, 0.5) is 0 Å². The summed E-state index contributed by atoms with van der Waals surface area (Å²) in [5, 5.41) is 1.11. The van der Waals surface area contributed by atoms with Gasteiger partial charge < -0.3 is 9.47 Å². The molecule has 0 atom stereocenters. The van der Waals surface area contributed by atoms with Crippen LogP contribution in [0.15, 0.2) is 30.3 Å². The summed E-state index contributed by atoms with van der Waals surface area (Å²) in [5.41, 5.74) is 2.99. The third kappa shape index (κ3) is 4.43. The van der Waals surface area contributed by atoms with Gasteiger partial charge in [0.2, 0.25) is 0 Å². The highest BCUT2D eigenvalue weighted by atomic mass is 35.5. The Kier molecular flexibility index (Phi) is 6.52. The van der Waals surface area contributed by atoms with Crippen molar-refractivity contribution in [1.82, 2.24) is 0 Å². The largest absolute Gasteiger partial charge is 0.488 e. The molecule has 0 aliphatic carbocycles. The van der Waals surface area contributed by atoms with E-state index in [2.05, 4.69) is 0 Å². The molecular formula is C19H20Cl2O3. The molecule has 2 rings (SSSR count). The van der Waals surface area contributed by atoms with Gasteiger partial charge in [-0.2, -0.15) is 0 Å². The molecule has 3 nitrogen and oxygen atoms in total. The third-order valence-corrected chi connectivity index (χ3v) is 4.37. The Morgan fingerprint density at radius 1 is 1.08 bits per heavy atom. The normalized spacial score (nSPS) is 10.5. The van der Waals surface area contributed by atoms with E-state index in [-0.39, 0.29) is 6.61 Å². The maximum absolute atomic E-state index is 12.2. The van der Waals surface area contributed by atoms with Crippen LogP contribution in [-0.2, 0) is 11.3 Å². The topological polar surface area (TPSA) is 35.5 Å². The van der Waals surface area contributed by atoms with Crippen LogP contribution < -0.4 is 4.74 Å². The van der Waals surface area contributed by atoms with Crippen molar-refractivity contribution in [2.24, 2.45) is 0 Å². The summed E-state index contributed by atoms with van der Waals surface area (Å²) in [4.78, 5) is 12.2. The molecule has 2 aromatic rings. The summed E-state index contributed by atoms with van der Waals surface area (Å²) >= 11 is 12.4. The molecule has 0 radical (unpaired) electrons. The van der Waals surface area contributed by atoms with Crippen LogP contribution >= 0.6 is 23.2 Å². The zero-order valence-corrected chi connectivity index (χ0v) is 15.5. The number of aryl methyl sites for hydroxylation is 2. The van der Waals surface area contributed by atoms with Crippen LogP contribution in [0.5, 0.6) is 5.75 Å². The van der Waals surface area contributed by atoms with Gasteiger partial charge >= 0.3 is 5.97 Å². The highest BCUT2D eigenvalue weighted by molar-refractivity contribution is 6.32. The van der Waals surface area contributed by atoms with Gasteiger partial charge in [-0.25, -0.2) is 4.79 Å². The zero-order valence-electron chi connectivity index (χ0n) is 14.0. The zero-order chi connectivity index (χ0) is 17.7. The Labute approximate surface area is 152 Å². The van der Waals surface area contributed by atoms with Gasteiger partial charge in [-0.3, -0.25) is 0 Å². The van der Waals surface area contributed by atoms with Gasteiger partial charge in [0.05, 0.1) is 12.2 Å². The van der Waals surface area contributed by atoms with Gasteiger partial charge in [-0.15, -0.1) is 0 Å². The predicted octanol–water partition coefficient (Wildman–Crippen LogP) is 5.76. The molecular weight excluding hydrogens is 347 g/mol. The number of rotatable bonds is 6. The number of carbonyl (C=O) groups excluding carboxylic acids is 1. The van der Waals surface area contributed by atoms with Crippen LogP contribution in [0.1, 0.15) is 40.4 Å². The molecule has 0 bridgehead atoms. The second-order valence-electron chi connectivity index (χ2n) is 5.56. The van der Waals surface area contributed by atoms with Crippen molar-refractivity contribution in [2.75, 3.05) is 6.61 Å². The molecule has 0 heterocycles. The number of benzene rings is 2. The predicted molar refractivity (Wildman–Crippen MR) is 97.3 cm³/mol. The maximum atomic E-state index is 12.2. The Morgan fingerprint density at radius 2 is 1.83 bits per heavy atom. The standard InChI is InChI=1S/C19H20Cl2O3/c1-4-8-23-19(22)14-6-5-7-16(20)15(14)11-24-18-10-17(21)12(2)9-13(18)3/h5-7,9-10H,4,8,11H2,1-3H3. The van der Waals surface area contributed by atoms with Gasteiger partial charge in [0.25, 0.3) is 0 Å². The minimum atomic E-state index is -0.392. The smallest absolute Gasteiger partial charge is 0.338 e. The van der Waals surface area contributed by atoms with E-state index in [0.29, 0.717) is 33.5 Å². The number of halogens is 2. The van der Waals surface area contributed by atoms with E-state index >= 15 is 0 Å². The molecule has 5 heteroatoms. The lowest BCUT2D eigenvalue weighted by Crippen LogP contribution is -2.11. The molecule has 0 aliphatic heterocycles. The van der Waals surface area contributed by atoms with Crippen LogP contribution in [0, 0.1) is 13.8 Å². The quantitative estimate of drug-likeness (QED) is 0.610. The minimum Gasteiger partial charge on any atom is -0.488 e. The number of esters is 1. The third-order valence-electron chi connectivity index (χ3n) is 3.60. The van der Waals surface area contributed by atoms with E-state index in [1.165, 1.54) is 0 Å². The number of hydrogen-bond donors (Lipinski definition) is 0. The lowest BCUT2D eigenvalue weighted by molar-refractivity contribution is 0.0502. The van der Waals surface area contributed by atoms with Crippen molar-refractivity contribution < 1.29 is 14.3 Å². The average Bonchev–Trinajstić information content (AvgIpc) is 2.55. The van der Waals surface area contributed by atoms with Crippen LogP contribution in [0.25, 0.3) is 0 Å². The second-order valence-corrected chi connectivity index (χ2v) is 6.37. The summed E-state index contributed by atoms with van der Waals surface area (Å²) < 4.78 is 11.1. The fourth-order valence-corrected chi connectivity index (χ4v) is 2.66. The van der Waals surface area contributed by atoms with E-state index in [9.17, 15) is 4.79 Å². The van der Waals surface area contributed by atoms with E-state index in [0.717, 1.165) is 17.5 Å². The molecule has 0 saturated carbocycles. The van der Waals surface area contributed by atoms with E-state index < -0.39 is 5.97 Å². The van der Waals surface area contributed by atoms with Crippen molar-refractivity contribution in [1.29, 1.82) is 0 Å². The molecule has 128 valence electrons. The van der Waals surface area contributed by atoms with Crippen molar-refractivity contribution in [2.45, 2.75) is 33.8 Å². The van der Waals surface area contributed by atoms with Crippen LogP contribution in [-0.4, -0.2) is 12.6 Å². The molecule has 0 fully saturated rings. The van der Waals surface area contributed by atoms with Crippen LogP contribution in [0.3, 0.4) is 0 Å². The van der Waals surface area contributed by atoms with Gasteiger partial charge in [0, 0.05) is 15.6 Å². The summed E-state index contributed by atoms with van der Waals surface area (Å²) in [6.07, 6.45) is 0.763. The molecule has 0 saturated heterocycles. The molecule has 0 spiro atoms. The van der Waals surface area contributed by atoms with E-state index in [4.69, 9.17) is 32.7 Å².